The molecule has 0 amide bonds. The lowest BCUT2D eigenvalue weighted by Crippen LogP contribution is -2.27. The fourth-order valence-corrected chi connectivity index (χ4v) is 2.51. The summed E-state index contributed by atoms with van der Waals surface area (Å²) in [6.07, 6.45) is 3.12. The quantitative estimate of drug-likeness (QED) is 0.852. The third kappa shape index (κ3) is 2.11. The molecule has 2 aromatic rings. The molecule has 1 saturated heterocycles. The molecule has 1 unspecified atom stereocenters. The van der Waals surface area contributed by atoms with Gasteiger partial charge in [0.25, 0.3) is 5.56 Å². The Hall–Kier alpha value is -1.77. The molecule has 0 spiro atoms. The van der Waals surface area contributed by atoms with E-state index in [1.165, 1.54) is 6.33 Å². The maximum absolute atomic E-state index is 11.6. The Bertz CT molecular complexity index is 652. The lowest BCUT2D eigenvalue weighted by atomic mass is 10.2. The molecule has 1 N–H and O–H groups in total. The summed E-state index contributed by atoms with van der Waals surface area (Å²) in [5.74, 6) is 0. The van der Waals surface area contributed by atoms with E-state index < -0.39 is 0 Å². The van der Waals surface area contributed by atoms with Crippen LogP contribution in [0.15, 0.2) is 17.4 Å². The fourth-order valence-electron chi connectivity index (χ4n) is 2.51. The number of aromatic amines is 1. The molecule has 108 valence electrons. The van der Waals surface area contributed by atoms with E-state index in [1.807, 2.05) is 0 Å². The second-order valence-electron chi connectivity index (χ2n) is 4.65. The van der Waals surface area contributed by atoms with Gasteiger partial charge in [-0.1, -0.05) is 0 Å². The highest BCUT2D eigenvalue weighted by Crippen LogP contribution is 2.31. The first kappa shape index (κ1) is 13.2. The van der Waals surface area contributed by atoms with Crippen molar-refractivity contribution in [2.45, 2.75) is 24.9 Å². The number of hydrogen-bond donors (Lipinski definition) is 1. The molecule has 0 radical (unpaired) electrons. The van der Waals surface area contributed by atoms with Gasteiger partial charge < -0.3 is 19.2 Å². The maximum Gasteiger partial charge on any atom is 0.278 e. The Kier molecular flexibility index (Phi) is 3.51. The number of nitrogens with one attached hydrogen (secondary N) is 1. The first-order chi connectivity index (χ1) is 9.74. The molecule has 3 rings (SSSR count). The van der Waals surface area contributed by atoms with Gasteiger partial charge in [-0.25, -0.2) is 9.97 Å². The Morgan fingerprint density at radius 1 is 1.50 bits per heavy atom. The van der Waals surface area contributed by atoms with Crippen LogP contribution in [0.25, 0.3) is 11.2 Å². The second-order valence-corrected chi connectivity index (χ2v) is 4.65. The molecule has 1 aliphatic rings. The lowest BCUT2D eigenvalue weighted by Gasteiger charge is -2.15. The van der Waals surface area contributed by atoms with Gasteiger partial charge in [0.1, 0.15) is 12.3 Å². The second kappa shape index (κ2) is 5.31. The lowest BCUT2D eigenvalue weighted by molar-refractivity contribution is -0.0597. The van der Waals surface area contributed by atoms with Crippen molar-refractivity contribution in [3.63, 3.8) is 0 Å². The zero-order chi connectivity index (χ0) is 14.1. The zero-order valence-electron chi connectivity index (χ0n) is 11.3. The van der Waals surface area contributed by atoms with Crippen molar-refractivity contribution in [3.05, 3.63) is 23.0 Å². The molecule has 8 heteroatoms. The molecule has 0 aromatic carbocycles. The van der Waals surface area contributed by atoms with Crippen molar-refractivity contribution in [2.75, 3.05) is 20.8 Å². The van der Waals surface area contributed by atoms with Crippen molar-refractivity contribution in [1.29, 1.82) is 0 Å². The molecule has 2 aromatic heterocycles. The van der Waals surface area contributed by atoms with E-state index in [0.29, 0.717) is 24.2 Å². The summed E-state index contributed by atoms with van der Waals surface area (Å²) >= 11 is 0. The smallest absolute Gasteiger partial charge is 0.278 e. The van der Waals surface area contributed by atoms with Crippen LogP contribution in [0.2, 0.25) is 0 Å². The topological polar surface area (TPSA) is 91.3 Å². The summed E-state index contributed by atoms with van der Waals surface area (Å²) in [6, 6.07) is 0. The van der Waals surface area contributed by atoms with Crippen molar-refractivity contribution >= 4 is 11.2 Å². The van der Waals surface area contributed by atoms with Crippen LogP contribution in [0.1, 0.15) is 12.6 Å². The Balaban J connectivity index is 1.92. The summed E-state index contributed by atoms with van der Waals surface area (Å²) in [4.78, 5) is 22.4. The van der Waals surface area contributed by atoms with E-state index in [4.69, 9.17) is 14.2 Å². The van der Waals surface area contributed by atoms with E-state index >= 15 is 0 Å². The summed E-state index contributed by atoms with van der Waals surface area (Å²) in [5, 5.41) is 0. The number of H-pyrrole nitrogens is 1. The number of imidazole rings is 1. The summed E-state index contributed by atoms with van der Waals surface area (Å²) in [6.45, 7) is 0.454. The minimum Gasteiger partial charge on any atom is -0.382 e. The molecule has 0 bridgehead atoms. The van der Waals surface area contributed by atoms with Crippen molar-refractivity contribution in [1.82, 2.24) is 19.5 Å². The van der Waals surface area contributed by atoms with Gasteiger partial charge in [0.15, 0.2) is 11.2 Å². The number of hydrogen-bond acceptors (Lipinski definition) is 6. The van der Waals surface area contributed by atoms with Gasteiger partial charge >= 0.3 is 0 Å². The normalized spacial score (nSPS) is 26.4. The minimum absolute atomic E-state index is 0.0561. The Labute approximate surface area is 114 Å². The number of methoxy groups -OCH3 is 2. The molecular weight excluding hydrogens is 264 g/mol. The van der Waals surface area contributed by atoms with E-state index in [0.717, 1.165) is 0 Å². The largest absolute Gasteiger partial charge is 0.382 e. The van der Waals surface area contributed by atoms with Crippen molar-refractivity contribution < 1.29 is 14.2 Å². The molecule has 3 heterocycles. The van der Waals surface area contributed by atoms with Crippen LogP contribution in [0.4, 0.5) is 0 Å². The third-order valence-corrected chi connectivity index (χ3v) is 3.49. The van der Waals surface area contributed by atoms with Crippen LogP contribution < -0.4 is 5.56 Å². The van der Waals surface area contributed by atoms with Gasteiger partial charge in [-0.3, -0.25) is 9.36 Å². The Morgan fingerprint density at radius 3 is 3.10 bits per heavy atom. The SMILES string of the molecule is COC[C@H]1O[C@@H](n2cnc3c(=O)[nH]cnc32)CC1OC. The highest BCUT2D eigenvalue weighted by molar-refractivity contribution is 5.68. The monoisotopic (exact) mass is 280 g/mol. The van der Waals surface area contributed by atoms with Gasteiger partial charge in [0.05, 0.1) is 25.4 Å². The zero-order valence-corrected chi connectivity index (χ0v) is 11.3. The predicted molar refractivity (Wildman–Crippen MR) is 69.3 cm³/mol. The molecule has 1 aliphatic heterocycles. The van der Waals surface area contributed by atoms with E-state index in [1.54, 1.807) is 25.1 Å². The average Bonchev–Trinajstić information content (AvgIpc) is 3.03. The van der Waals surface area contributed by atoms with E-state index in [2.05, 4.69) is 15.0 Å². The van der Waals surface area contributed by atoms with Crippen LogP contribution in [0.5, 0.6) is 0 Å². The van der Waals surface area contributed by atoms with Crippen molar-refractivity contribution in [3.8, 4) is 0 Å². The number of aromatic nitrogens is 4. The molecule has 0 aliphatic carbocycles. The van der Waals surface area contributed by atoms with Crippen LogP contribution in [-0.2, 0) is 14.2 Å². The molecule has 20 heavy (non-hydrogen) atoms. The first-order valence-corrected chi connectivity index (χ1v) is 6.32. The van der Waals surface area contributed by atoms with Gasteiger partial charge in [0, 0.05) is 20.6 Å². The van der Waals surface area contributed by atoms with Crippen LogP contribution in [0.3, 0.4) is 0 Å². The summed E-state index contributed by atoms with van der Waals surface area (Å²) < 4.78 is 18.2. The standard InChI is InChI=1S/C12H16N4O4/c1-18-4-8-7(19-2)3-9(20-8)16-6-15-10-11(16)13-5-14-12(10)17/h5-9H,3-4H2,1-2H3,(H,13,14,17)/t7?,8-,9-/m1/s1. The van der Waals surface area contributed by atoms with Gasteiger partial charge in [-0.15, -0.1) is 0 Å². The van der Waals surface area contributed by atoms with Crippen LogP contribution in [-0.4, -0.2) is 52.6 Å². The third-order valence-electron chi connectivity index (χ3n) is 3.49. The van der Waals surface area contributed by atoms with Gasteiger partial charge in [0.2, 0.25) is 0 Å². The van der Waals surface area contributed by atoms with Crippen molar-refractivity contribution in [2.24, 2.45) is 0 Å². The Morgan fingerprint density at radius 2 is 2.35 bits per heavy atom. The van der Waals surface area contributed by atoms with E-state index in [-0.39, 0.29) is 24.0 Å². The molecular formula is C12H16N4O4. The number of fused-ring (bicyclic) bond motifs is 1. The fraction of sp³-hybridized carbons (Fsp3) is 0.583. The number of ether oxygens (including phenoxy) is 3. The number of rotatable bonds is 4. The van der Waals surface area contributed by atoms with Crippen LogP contribution in [0, 0.1) is 0 Å². The van der Waals surface area contributed by atoms with Crippen LogP contribution >= 0.6 is 0 Å². The highest BCUT2D eigenvalue weighted by atomic mass is 16.6. The highest BCUT2D eigenvalue weighted by Gasteiger charge is 2.37. The number of nitrogens with zero attached hydrogens (tertiary/aromatic N) is 3. The average molecular weight is 280 g/mol. The molecule has 3 atom stereocenters. The molecule has 1 fully saturated rings. The first-order valence-electron chi connectivity index (χ1n) is 6.32. The van der Waals surface area contributed by atoms with Gasteiger partial charge in [-0.05, 0) is 0 Å². The minimum atomic E-state index is -0.264. The molecule has 8 nitrogen and oxygen atoms in total. The predicted octanol–water partition coefficient (Wildman–Crippen LogP) is 0.0685. The summed E-state index contributed by atoms with van der Waals surface area (Å²) in [7, 11) is 3.27. The summed E-state index contributed by atoms with van der Waals surface area (Å²) in [5.41, 5.74) is 0.551. The molecule has 0 saturated carbocycles. The van der Waals surface area contributed by atoms with E-state index in [9.17, 15) is 4.79 Å². The maximum atomic E-state index is 11.6. The van der Waals surface area contributed by atoms with Gasteiger partial charge in [-0.2, -0.15) is 0 Å².